The van der Waals surface area contributed by atoms with Crippen LogP contribution in [-0.4, -0.2) is 0 Å². The van der Waals surface area contributed by atoms with E-state index in [9.17, 15) is 8.78 Å². The fourth-order valence-corrected chi connectivity index (χ4v) is 1.50. The summed E-state index contributed by atoms with van der Waals surface area (Å²) in [7, 11) is 0. The zero-order valence-corrected chi connectivity index (χ0v) is 10.3. The lowest BCUT2D eigenvalue weighted by molar-refractivity contribution is 0.581. The summed E-state index contributed by atoms with van der Waals surface area (Å²) in [5.74, 6) is -1.09. The molecule has 0 aliphatic rings. The summed E-state index contributed by atoms with van der Waals surface area (Å²) in [5.41, 5.74) is 2.18. The lowest BCUT2D eigenvalue weighted by Crippen LogP contribution is -1.91. The highest BCUT2D eigenvalue weighted by Gasteiger charge is 2.07. The molecule has 90 valence electrons. The molecule has 0 aliphatic carbocycles. The van der Waals surface area contributed by atoms with E-state index in [0.717, 1.165) is 17.2 Å². The first-order valence-electron chi connectivity index (χ1n) is 5.48. The maximum atomic E-state index is 13.6. The van der Waals surface area contributed by atoms with E-state index in [2.05, 4.69) is 0 Å². The van der Waals surface area contributed by atoms with Gasteiger partial charge in [0.05, 0.1) is 0 Å². The average molecular weight is 234 g/mol. The summed E-state index contributed by atoms with van der Waals surface area (Å²) in [5, 5.41) is 0. The van der Waals surface area contributed by atoms with Gasteiger partial charge in [-0.2, -0.15) is 0 Å². The number of allylic oxidation sites excluding steroid dienone is 6. The molecular weight excluding hydrogens is 218 g/mol. The molecule has 0 fully saturated rings. The van der Waals surface area contributed by atoms with Crippen molar-refractivity contribution in [3.05, 3.63) is 65.3 Å². The number of hydrogen-bond acceptors (Lipinski definition) is 0. The van der Waals surface area contributed by atoms with Crippen LogP contribution in [-0.2, 0) is 0 Å². The largest absolute Gasteiger partial charge is 0.207 e. The van der Waals surface area contributed by atoms with E-state index in [0.29, 0.717) is 5.56 Å². The van der Waals surface area contributed by atoms with Crippen molar-refractivity contribution in [3.8, 4) is 0 Å². The number of halogens is 2. The minimum atomic E-state index is -0.559. The second-order valence-electron chi connectivity index (χ2n) is 3.92. The molecule has 1 aromatic rings. The first kappa shape index (κ1) is 13.4. The summed E-state index contributed by atoms with van der Waals surface area (Å²) >= 11 is 0. The molecule has 0 nitrogen and oxygen atoms in total. The van der Waals surface area contributed by atoms with Gasteiger partial charge in [0.25, 0.3) is 0 Å². The smallest absolute Gasteiger partial charge is 0.133 e. The molecule has 0 amide bonds. The van der Waals surface area contributed by atoms with Crippen molar-refractivity contribution in [1.29, 1.82) is 0 Å². The second-order valence-corrected chi connectivity index (χ2v) is 3.92. The maximum absolute atomic E-state index is 13.6. The predicted octanol–water partition coefficient (Wildman–Crippen LogP) is 4.89. The minimum absolute atomic E-state index is 0.423. The third kappa shape index (κ3) is 3.66. The van der Waals surface area contributed by atoms with Gasteiger partial charge in [0.2, 0.25) is 0 Å². The van der Waals surface area contributed by atoms with Crippen LogP contribution in [0, 0.1) is 11.6 Å². The van der Waals surface area contributed by atoms with Gasteiger partial charge in [-0.05, 0) is 38.5 Å². The third-order valence-corrected chi connectivity index (χ3v) is 2.33. The monoisotopic (exact) mass is 234 g/mol. The summed E-state index contributed by atoms with van der Waals surface area (Å²) in [4.78, 5) is 0. The molecule has 17 heavy (non-hydrogen) atoms. The van der Waals surface area contributed by atoms with Gasteiger partial charge in [0, 0.05) is 11.6 Å². The van der Waals surface area contributed by atoms with Gasteiger partial charge in [0.1, 0.15) is 11.6 Å². The van der Waals surface area contributed by atoms with E-state index < -0.39 is 11.6 Å². The summed E-state index contributed by atoms with van der Waals surface area (Å²) in [6.45, 7) is 5.71. The highest BCUT2D eigenvalue weighted by atomic mass is 19.1. The van der Waals surface area contributed by atoms with Crippen LogP contribution in [0.15, 0.2) is 48.1 Å². The SMILES string of the molecule is C/C=C\C=C/C(=C(C)C)c1ccc(F)cc1F. The van der Waals surface area contributed by atoms with E-state index in [1.165, 1.54) is 12.1 Å². The van der Waals surface area contributed by atoms with Gasteiger partial charge in [-0.1, -0.05) is 29.9 Å². The Labute approximate surface area is 101 Å². The zero-order chi connectivity index (χ0) is 12.8. The van der Waals surface area contributed by atoms with Crippen molar-refractivity contribution in [2.45, 2.75) is 20.8 Å². The molecule has 0 unspecified atom stereocenters. The van der Waals surface area contributed by atoms with Crippen LogP contribution < -0.4 is 0 Å². The lowest BCUT2D eigenvalue weighted by Gasteiger charge is -2.07. The second kappa shape index (κ2) is 6.14. The van der Waals surface area contributed by atoms with Crippen LogP contribution >= 0.6 is 0 Å². The molecule has 0 aliphatic heterocycles. The van der Waals surface area contributed by atoms with E-state index >= 15 is 0 Å². The van der Waals surface area contributed by atoms with Crippen LogP contribution in [0.4, 0.5) is 8.78 Å². The highest BCUT2D eigenvalue weighted by Crippen LogP contribution is 2.23. The summed E-state index contributed by atoms with van der Waals surface area (Å²) in [6, 6.07) is 3.64. The summed E-state index contributed by atoms with van der Waals surface area (Å²) < 4.78 is 26.5. The van der Waals surface area contributed by atoms with Gasteiger partial charge in [-0.15, -0.1) is 0 Å². The molecule has 0 radical (unpaired) electrons. The quantitative estimate of drug-likeness (QED) is 0.653. The number of hydrogen-bond donors (Lipinski definition) is 0. The first-order valence-corrected chi connectivity index (χ1v) is 5.48. The average Bonchev–Trinajstić information content (AvgIpc) is 2.25. The fraction of sp³-hybridized carbons (Fsp3) is 0.200. The Morgan fingerprint density at radius 2 is 1.82 bits per heavy atom. The van der Waals surface area contributed by atoms with Gasteiger partial charge < -0.3 is 0 Å². The molecular formula is C15H16F2. The topological polar surface area (TPSA) is 0 Å². The van der Waals surface area contributed by atoms with Crippen molar-refractivity contribution in [2.75, 3.05) is 0 Å². The molecule has 0 saturated carbocycles. The fourth-order valence-electron chi connectivity index (χ4n) is 1.50. The Morgan fingerprint density at radius 3 is 2.35 bits per heavy atom. The van der Waals surface area contributed by atoms with Crippen molar-refractivity contribution >= 4 is 5.57 Å². The highest BCUT2D eigenvalue weighted by molar-refractivity contribution is 5.76. The van der Waals surface area contributed by atoms with E-state index in [1.54, 1.807) is 0 Å². The van der Waals surface area contributed by atoms with Gasteiger partial charge in [-0.25, -0.2) is 8.78 Å². The van der Waals surface area contributed by atoms with Crippen molar-refractivity contribution in [1.82, 2.24) is 0 Å². The molecule has 2 heteroatoms. The van der Waals surface area contributed by atoms with E-state index in [-0.39, 0.29) is 0 Å². The Morgan fingerprint density at radius 1 is 1.12 bits per heavy atom. The number of rotatable bonds is 3. The molecule has 0 aromatic heterocycles. The van der Waals surface area contributed by atoms with Crippen molar-refractivity contribution in [2.24, 2.45) is 0 Å². The molecule has 0 bridgehead atoms. The molecule has 1 rings (SSSR count). The van der Waals surface area contributed by atoms with Crippen LogP contribution in [0.5, 0.6) is 0 Å². The molecule has 0 heterocycles. The molecule has 0 atom stereocenters. The molecule has 0 spiro atoms. The zero-order valence-electron chi connectivity index (χ0n) is 10.3. The van der Waals surface area contributed by atoms with Gasteiger partial charge in [-0.3, -0.25) is 0 Å². The van der Waals surface area contributed by atoms with Crippen LogP contribution in [0.3, 0.4) is 0 Å². The Bertz CT molecular complexity index is 476. The standard InChI is InChI=1S/C15H16F2/c1-4-5-6-7-13(11(2)3)14-9-8-12(16)10-15(14)17/h4-10H,1-3H3/b5-4-,7-6-. The minimum Gasteiger partial charge on any atom is -0.207 e. The van der Waals surface area contributed by atoms with E-state index in [4.69, 9.17) is 0 Å². The molecule has 0 N–H and O–H groups in total. The third-order valence-electron chi connectivity index (χ3n) is 2.33. The summed E-state index contributed by atoms with van der Waals surface area (Å²) in [6.07, 6.45) is 7.42. The molecule has 0 saturated heterocycles. The lowest BCUT2D eigenvalue weighted by atomic mass is 10.0. The molecule has 1 aromatic carbocycles. The van der Waals surface area contributed by atoms with E-state index in [1.807, 2.05) is 45.1 Å². The van der Waals surface area contributed by atoms with Crippen molar-refractivity contribution < 1.29 is 8.78 Å². The Balaban J connectivity index is 3.21. The normalized spacial score (nSPS) is 11.4. The van der Waals surface area contributed by atoms with Crippen molar-refractivity contribution in [3.63, 3.8) is 0 Å². The van der Waals surface area contributed by atoms with Crippen LogP contribution in [0.2, 0.25) is 0 Å². The Hall–Kier alpha value is -1.70. The van der Waals surface area contributed by atoms with Gasteiger partial charge >= 0.3 is 0 Å². The predicted molar refractivity (Wildman–Crippen MR) is 68.6 cm³/mol. The maximum Gasteiger partial charge on any atom is 0.133 e. The van der Waals surface area contributed by atoms with Crippen LogP contribution in [0.1, 0.15) is 26.3 Å². The first-order chi connectivity index (χ1) is 8.06. The van der Waals surface area contributed by atoms with Crippen LogP contribution in [0.25, 0.3) is 5.57 Å². The van der Waals surface area contributed by atoms with Gasteiger partial charge in [0.15, 0.2) is 0 Å². The Kier molecular flexibility index (Phi) is 4.83. The number of benzene rings is 1.